The van der Waals surface area contributed by atoms with Gasteiger partial charge < -0.3 is 4.57 Å². The molecule has 0 fully saturated rings. The quantitative estimate of drug-likeness (QED) is 0.796. The molecule has 0 aliphatic rings. The van der Waals surface area contributed by atoms with Gasteiger partial charge in [-0.15, -0.1) is 11.6 Å². The molecular weight excluding hydrogens is 303 g/mol. The SMILES string of the molecule is Cc1cc2c(cc1F)nc(CCl)n2CCCS(C)(=O)=O. The number of nitrogens with zero attached hydrogens (tertiary/aromatic N) is 2. The van der Waals surface area contributed by atoms with Crippen LogP contribution in [0.25, 0.3) is 11.0 Å². The van der Waals surface area contributed by atoms with Crippen molar-refractivity contribution >= 4 is 32.5 Å². The predicted octanol–water partition coefficient (Wildman–Crippen LogP) is 2.66. The summed E-state index contributed by atoms with van der Waals surface area (Å²) in [6.07, 6.45) is 1.69. The molecule has 0 spiro atoms. The van der Waals surface area contributed by atoms with E-state index in [9.17, 15) is 12.8 Å². The van der Waals surface area contributed by atoms with Gasteiger partial charge in [-0.2, -0.15) is 0 Å². The van der Waals surface area contributed by atoms with Gasteiger partial charge in [-0.1, -0.05) is 0 Å². The maximum Gasteiger partial charge on any atom is 0.147 e. The van der Waals surface area contributed by atoms with Crippen molar-refractivity contribution in [1.29, 1.82) is 0 Å². The van der Waals surface area contributed by atoms with Gasteiger partial charge in [-0.05, 0) is 25.0 Å². The van der Waals surface area contributed by atoms with Gasteiger partial charge in [0.25, 0.3) is 0 Å². The maximum absolute atomic E-state index is 13.5. The van der Waals surface area contributed by atoms with Gasteiger partial charge in [-0.25, -0.2) is 17.8 Å². The van der Waals surface area contributed by atoms with Crippen LogP contribution in [0.3, 0.4) is 0 Å². The first-order valence-corrected chi connectivity index (χ1v) is 8.80. The van der Waals surface area contributed by atoms with E-state index >= 15 is 0 Å². The van der Waals surface area contributed by atoms with Crippen LogP contribution in [0.5, 0.6) is 0 Å². The van der Waals surface area contributed by atoms with Gasteiger partial charge in [-0.3, -0.25) is 0 Å². The van der Waals surface area contributed by atoms with Gasteiger partial charge in [0.1, 0.15) is 21.5 Å². The van der Waals surface area contributed by atoms with Crippen LogP contribution in [-0.4, -0.2) is 30.0 Å². The average molecular weight is 319 g/mol. The van der Waals surface area contributed by atoms with E-state index in [2.05, 4.69) is 4.98 Å². The Labute approximate surface area is 122 Å². The van der Waals surface area contributed by atoms with Crippen LogP contribution in [0.15, 0.2) is 12.1 Å². The molecule has 0 radical (unpaired) electrons. The summed E-state index contributed by atoms with van der Waals surface area (Å²) >= 11 is 5.86. The summed E-state index contributed by atoms with van der Waals surface area (Å²) in [5, 5.41) is 0. The molecule has 0 amide bonds. The zero-order valence-electron chi connectivity index (χ0n) is 11.4. The molecule has 0 saturated carbocycles. The number of imidazole rings is 1. The van der Waals surface area contributed by atoms with Crippen molar-refractivity contribution in [3.8, 4) is 0 Å². The lowest BCUT2D eigenvalue weighted by Crippen LogP contribution is -2.09. The standard InChI is InChI=1S/C13H16ClFN2O2S/c1-9-6-12-11(7-10(9)15)16-13(8-14)17(12)4-3-5-20(2,18)19/h6-7H,3-5,8H2,1-2H3. The number of aromatic nitrogens is 2. The van der Waals surface area contributed by atoms with Crippen LogP contribution in [0.1, 0.15) is 17.8 Å². The molecule has 7 heteroatoms. The number of fused-ring (bicyclic) bond motifs is 1. The highest BCUT2D eigenvalue weighted by Gasteiger charge is 2.13. The molecule has 1 aromatic heterocycles. The second-order valence-electron chi connectivity index (χ2n) is 4.89. The second-order valence-corrected chi connectivity index (χ2v) is 7.41. The Hall–Kier alpha value is -1.14. The minimum Gasteiger partial charge on any atom is -0.327 e. The van der Waals surface area contributed by atoms with Crippen LogP contribution in [0.2, 0.25) is 0 Å². The number of rotatable bonds is 5. The van der Waals surface area contributed by atoms with Crippen LogP contribution in [-0.2, 0) is 22.3 Å². The van der Waals surface area contributed by atoms with E-state index in [1.807, 2.05) is 4.57 Å². The highest BCUT2D eigenvalue weighted by atomic mass is 35.5. The molecule has 0 N–H and O–H groups in total. The molecule has 0 atom stereocenters. The Morgan fingerprint density at radius 2 is 2.10 bits per heavy atom. The lowest BCUT2D eigenvalue weighted by atomic mass is 10.2. The van der Waals surface area contributed by atoms with Gasteiger partial charge >= 0.3 is 0 Å². The van der Waals surface area contributed by atoms with Crippen molar-refractivity contribution in [3.05, 3.63) is 29.3 Å². The zero-order chi connectivity index (χ0) is 14.9. The van der Waals surface area contributed by atoms with Gasteiger partial charge in [0, 0.05) is 18.9 Å². The molecule has 4 nitrogen and oxygen atoms in total. The molecule has 0 bridgehead atoms. The molecule has 20 heavy (non-hydrogen) atoms. The van der Waals surface area contributed by atoms with Crippen molar-refractivity contribution < 1.29 is 12.8 Å². The van der Waals surface area contributed by atoms with Crippen molar-refractivity contribution in [2.45, 2.75) is 25.8 Å². The predicted molar refractivity (Wildman–Crippen MR) is 78.3 cm³/mol. The molecule has 110 valence electrons. The molecule has 2 aromatic rings. The lowest BCUT2D eigenvalue weighted by molar-refractivity contribution is 0.591. The fraction of sp³-hybridized carbons (Fsp3) is 0.462. The summed E-state index contributed by atoms with van der Waals surface area (Å²) in [4.78, 5) is 4.29. The van der Waals surface area contributed by atoms with Gasteiger partial charge in [0.05, 0.1) is 22.7 Å². The Morgan fingerprint density at radius 3 is 2.70 bits per heavy atom. The number of alkyl halides is 1. The third kappa shape index (κ3) is 3.30. The molecule has 0 aliphatic heterocycles. The molecule has 1 heterocycles. The van der Waals surface area contributed by atoms with Crippen molar-refractivity contribution in [3.63, 3.8) is 0 Å². The smallest absolute Gasteiger partial charge is 0.147 e. The number of sulfone groups is 1. The van der Waals surface area contributed by atoms with E-state index in [1.54, 1.807) is 13.0 Å². The fourth-order valence-electron chi connectivity index (χ4n) is 2.14. The monoisotopic (exact) mass is 318 g/mol. The minimum absolute atomic E-state index is 0.106. The van der Waals surface area contributed by atoms with E-state index in [0.717, 1.165) is 5.52 Å². The highest BCUT2D eigenvalue weighted by Crippen LogP contribution is 2.21. The summed E-state index contributed by atoms with van der Waals surface area (Å²) in [7, 11) is -2.99. The van der Waals surface area contributed by atoms with Gasteiger partial charge in [0.15, 0.2) is 0 Å². The van der Waals surface area contributed by atoms with Gasteiger partial charge in [0.2, 0.25) is 0 Å². The van der Waals surface area contributed by atoms with Crippen LogP contribution >= 0.6 is 11.6 Å². The number of hydrogen-bond acceptors (Lipinski definition) is 3. The molecule has 2 rings (SSSR count). The Balaban J connectivity index is 2.37. The minimum atomic E-state index is -2.99. The topological polar surface area (TPSA) is 52.0 Å². The van der Waals surface area contributed by atoms with E-state index in [4.69, 9.17) is 11.6 Å². The van der Waals surface area contributed by atoms with E-state index in [-0.39, 0.29) is 17.5 Å². The summed E-state index contributed by atoms with van der Waals surface area (Å²) in [6, 6.07) is 3.10. The summed E-state index contributed by atoms with van der Waals surface area (Å²) < 4.78 is 37.8. The van der Waals surface area contributed by atoms with E-state index in [1.165, 1.54) is 12.3 Å². The fourth-order valence-corrected chi connectivity index (χ4v) is 2.99. The van der Waals surface area contributed by atoms with Crippen LogP contribution < -0.4 is 0 Å². The van der Waals surface area contributed by atoms with Crippen molar-refractivity contribution in [2.75, 3.05) is 12.0 Å². The van der Waals surface area contributed by atoms with Crippen molar-refractivity contribution in [2.24, 2.45) is 0 Å². The summed E-state index contributed by atoms with van der Waals surface area (Å²) in [5.74, 6) is 0.627. The molecule has 0 unspecified atom stereocenters. The largest absolute Gasteiger partial charge is 0.327 e. The first-order chi connectivity index (χ1) is 9.31. The Morgan fingerprint density at radius 1 is 1.40 bits per heavy atom. The number of aryl methyl sites for hydroxylation is 2. The number of hydrogen-bond donors (Lipinski definition) is 0. The third-order valence-corrected chi connectivity index (χ3v) is 4.39. The third-order valence-electron chi connectivity index (χ3n) is 3.12. The number of benzene rings is 1. The normalized spacial score (nSPS) is 12.2. The maximum atomic E-state index is 13.5. The molecular formula is C13H16ClFN2O2S. The molecule has 0 saturated heterocycles. The summed E-state index contributed by atoms with van der Waals surface area (Å²) in [6.45, 7) is 2.18. The first-order valence-electron chi connectivity index (χ1n) is 6.21. The summed E-state index contributed by atoms with van der Waals surface area (Å²) in [5.41, 5.74) is 1.86. The zero-order valence-corrected chi connectivity index (χ0v) is 12.9. The molecule has 0 aliphatic carbocycles. The Bertz CT molecular complexity index is 740. The first kappa shape index (κ1) is 15.3. The van der Waals surface area contributed by atoms with Crippen LogP contribution in [0.4, 0.5) is 4.39 Å². The average Bonchev–Trinajstić information content (AvgIpc) is 2.66. The highest BCUT2D eigenvalue weighted by molar-refractivity contribution is 7.90. The molecule has 1 aromatic carbocycles. The Kier molecular flexibility index (Phi) is 4.34. The lowest BCUT2D eigenvalue weighted by Gasteiger charge is -2.07. The number of halogens is 2. The van der Waals surface area contributed by atoms with E-state index in [0.29, 0.717) is 29.9 Å². The second kappa shape index (κ2) is 5.69. The van der Waals surface area contributed by atoms with Crippen LogP contribution in [0, 0.1) is 12.7 Å². The van der Waals surface area contributed by atoms with Crippen molar-refractivity contribution in [1.82, 2.24) is 9.55 Å². The van der Waals surface area contributed by atoms with E-state index < -0.39 is 9.84 Å².